The Morgan fingerprint density at radius 3 is 2.70 bits per heavy atom. The van der Waals surface area contributed by atoms with E-state index in [-0.39, 0.29) is 23.8 Å². The number of nitrogens with zero attached hydrogens (tertiary/aromatic N) is 1. The molecule has 0 spiro atoms. The van der Waals surface area contributed by atoms with Gasteiger partial charge in [-0.2, -0.15) is 0 Å². The fourth-order valence-electron chi connectivity index (χ4n) is 4.40. The van der Waals surface area contributed by atoms with Gasteiger partial charge in [-0.25, -0.2) is 0 Å². The molecule has 168 valence electrons. The Kier molecular flexibility index (Phi) is 5.34. The second kappa shape index (κ2) is 8.46. The van der Waals surface area contributed by atoms with Gasteiger partial charge in [-0.05, 0) is 67.4 Å². The first-order valence-electron chi connectivity index (χ1n) is 10.8. The summed E-state index contributed by atoms with van der Waals surface area (Å²) in [5.41, 5.74) is 2.19. The van der Waals surface area contributed by atoms with Gasteiger partial charge in [-0.3, -0.25) is 14.4 Å². The molecule has 0 bridgehead atoms. The summed E-state index contributed by atoms with van der Waals surface area (Å²) in [5.74, 6) is 0.640. The molecule has 1 saturated heterocycles. The number of ether oxygens (including phenoxy) is 1. The molecule has 3 heterocycles. The maximum absolute atomic E-state index is 13.4. The third kappa shape index (κ3) is 3.95. The van der Waals surface area contributed by atoms with E-state index in [1.165, 1.54) is 0 Å². The van der Waals surface area contributed by atoms with Crippen molar-refractivity contribution >= 4 is 23.4 Å². The predicted molar refractivity (Wildman–Crippen MR) is 121 cm³/mol. The van der Waals surface area contributed by atoms with E-state index in [0.29, 0.717) is 47.7 Å². The highest BCUT2D eigenvalue weighted by Gasteiger charge is 2.40. The first-order valence-corrected chi connectivity index (χ1v) is 10.8. The van der Waals surface area contributed by atoms with E-state index in [2.05, 4.69) is 10.6 Å². The average Bonchev–Trinajstić information content (AvgIpc) is 3.36. The van der Waals surface area contributed by atoms with Crippen molar-refractivity contribution in [3.63, 3.8) is 0 Å². The molecule has 0 aliphatic carbocycles. The zero-order valence-corrected chi connectivity index (χ0v) is 18.0. The molecule has 2 aromatic carbocycles. The van der Waals surface area contributed by atoms with E-state index >= 15 is 0 Å². The number of carbonyl (C=O) groups is 3. The summed E-state index contributed by atoms with van der Waals surface area (Å²) in [6, 6.07) is 14.8. The summed E-state index contributed by atoms with van der Waals surface area (Å²) in [6.07, 6.45) is 2.48. The fourth-order valence-corrected chi connectivity index (χ4v) is 4.40. The Morgan fingerprint density at radius 2 is 1.97 bits per heavy atom. The van der Waals surface area contributed by atoms with Crippen molar-refractivity contribution in [3.8, 4) is 17.1 Å². The molecule has 2 N–H and O–H groups in total. The van der Waals surface area contributed by atoms with Crippen LogP contribution in [0.15, 0.2) is 65.3 Å². The van der Waals surface area contributed by atoms with Crippen LogP contribution in [-0.4, -0.2) is 48.4 Å². The van der Waals surface area contributed by atoms with Crippen LogP contribution in [0.1, 0.15) is 33.6 Å². The Hall–Kier alpha value is -4.07. The summed E-state index contributed by atoms with van der Waals surface area (Å²) >= 11 is 0. The second-order valence-electron chi connectivity index (χ2n) is 8.16. The SMILES string of the molecule is COc1ccc(C(=O)N[C@H]2CCN3C(=O)c4cc(-c5ccco5)ccc4NC(=O)[C@@H]3C2)cc1. The van der Waals surface area contributed by atoms with Gasteiger partial charge >= 0.3 is 0 Å². The minimum Gasteiger partial charge on any atom is -0.497 e. The number of nitrogens with one attached hydrogen (secondary N) is 2. The number of amides is 3. The Labute approximate surface area is 190 Å². The van der Waals surface area contributed by atoms with Crippen molar-refractivity contribution in [2.24, 2.45) is 0 Å². The summed E-state index contributed by atoms with van der Waals surface area (Å²) in [6.45, 7) is 0.370. The van der Waals surface area contributed by atoms with Gasteiger partial charge in [-0.15, -0.1) is 0 Å². The molecule has 5 rings (SSSR count). The van der Waals surface area contributed by atoms with Gasteiger partial charge in [0.2, 0.25) is 5.91 Å². The molecule has 3 aromatic rings. The van der Waals surface area contributed by atoms with E-state index in [4.69, 9.17) is 9.15 Å². The Morgan fingerprint density at radius 1 is 1.15 bits per heavy atom. The molecule has 33 heavy (non-hydrogen) atoms. The highest BCUT2D eigenvalue weighted by molar-refractivity contribution is 6.10. The Balaban J connectivity index is 1.33. The number of piperidine rings is 1. The van der Waals surface area contributed by atoms with E-state index < -0.39 is 6.04 Å². The van der Waals surface area contributed by atoms with Crippen LogP contribution >= 0.6 is 0 Å². The third-order valence-electron chi connectivity index (χ3n) is 6.17. The molecule has 0 radical (unpaired) electrons. The lowest BCUT2D eigenvalue weighted by Crippen LogP contribution is -2.55. The zero-order valence-electron chi connectivity index (χ0n) is 18.0. The summed E-state index contributed by atoms with van der Waals surface area (Å²) in [4.78, 5) is 40.6. The minimum absolute atomic E-state index is 0.207. The number of hydrogen-bond donors (Lipinski definition) is 2. The first kappa shape index (κ1) is 20.8. The highest BCUT2D eigenvalue weighted by atomic mass is 16.5. The molecule has 2 aliphatic heterocycles. The van der Waals surface area contributed by atoms with Gasteiger partial charge in [0.05, 0.1) is 24.6 Å². The number of carbonyl (C=O) groups excluding carboxylic acids is 3. The van der Waals surface area contributed by atoms with Crippen molar-refractivity contribution in [2.75, 3.05) is 19.0 Å². The van der Waals surface area contributed by atoms with Crippen molar-refractivity contribution in [1.82, 2.24) is 10.2 Å². The molecular formula is C25H23N3O5. The number of furan rings is 1. The maximum Gasteiger partial charge on any atom is 0.256 e. The van der Waals surface area contributed by atoms with E-state index in [1.54, 1.807) is 60.7 Å². The largest absolute Gasteiger partial charge is 0.497 e. The topological polar surface area (TPSA) is 101 Å². The molecule has 3 amide bonds. The van der Waals surface area contributed by atoms with Crippen LogP contribution in [0.5, 0.6) is 5.75 Å². The third-order valence-corrected chi connectivity index (χ3v) is 6.17. The monoisotopic (exact) mass is 445 g/mol. The highest BCUT2D eigenvalue weighted by Crippen LogP contribution is 2.32. The molecule has 1 aromatic heterocycles. The number of benzene rings is 2. The van der Waals surface area contributed by atoms with Crippen molar-refractivity contribution in [3.05, 3.63) is 72.0 Å². The van der Waals surface area contributed by atoms with Gasteiger partial charge in [0, 0.05) is 23.7 Å². The van der Waals surface area contributed by atoms with E-state index in [9.17, 15) is 14.4 Å². The number of methoxy groups -OCH3 is 1. The predicted octanol–water partition coefficient (Wildman–Crippen LogP) is 3.31. The fraction of sp³-hybridized carbons (Fsp3) is 0.240. The number of hydrogen-bond acceptors (Lipinski definition) is 5. The van der Waals surface area contributed by atoms with Crippen LogP contribution in [0.3, 0.4) is 0 Å². The average molecular weight is 445 g/mol. The molecule has 8 nitrogen and oxygen atoms in total. The van der Waals surface area contributed by atoms with Crippen molar-refractivity contribution in [1.29, 1.82) is 0 Å². The molecule has 2 atom stereocenters. The standard InChI is InChI=1S/C25H23N3O5/c1-32-18-7-4-15(5-8-18)23(29)26-17-10-11-28-21(14-17)24(30)27-20-9-6-16(13-19(20)25(28)31)22-3-2-12-33-22/h2-9,12-13,17,21H,10-11,14H2,1H3,(H,26,29)(H,27,30)/t17-,21-/m0/s1. The van der Waals surface area contributed by atoms with E-state index in [1.807, 2.05) is 12.1 Å². The van der Waals surface area contributed by atoms with Crippen LogP contribution < -0.4 is 15.4 Å². The molecule has 8 heteroatoms. The maximum atomic E-state index is 13.4. The molecular weight excluding hydrogens is 422 g/mol. The quantitative estimate of drug-likeness (QED) is 0.642. The lowest BCUT2D eigenvalue weighted by molar-refractivity contribution is -0.121. The van der Waals surface area contributed by atoms with Gasteiger partial charge in [0.15, 0.2) is 0 Å². The lowest BCUT2D eigenvalue weighted by Gasteiger charge is -2.37. The van der Waals surface area contributed by atoms with E-state index in [0.717, 1.165) is 5.56 Å². The first-order chi connectivity index (χ1) is 16.0. The van der Waals surface area contributed by atoms with Gasteiger partial charge in [0.1, 0.15) is 17.6 Å². The summed E-state index contributed by atoms with van der Waals surface area (Å²) in [5, 5.41) is 5.88. The van der Waals surface area contributed by atoms with Gasteiger partial charge in [-0.1, -0.05) is 0 Å². The summed E-state index contributed by atoms with van der Waals surface area (Å²) < 4.78 is 10.6. The second-order valence-corrected chi connectivity index (χ2v) is 8.16. The smallest absolute Gasteiger partial charge is 0.256 e. The van der Waals surface area contributed by atoms with Crippen molar-refractivity contribution in [2.45, 2.75) is 24.9 Å². The van der Waals surface area contributed by atoms with Crippen LogP contribution in [0.4, 0.5) is 5.69 Å². The van der Waals surface area contributed by atoms with Gasteiger partial charge < -0.3 is 24.7 Å². The van der Waals surface area contributed by atoms with Crippen LogP contribution in [-0.2, 0) is 4.79 Å². The molecule has 0 unspecified atom stereocenters. The van der Waals surface area contributed by atoms with Gasteiger partial charge in [0.25, 0.3) is 11.8 Å². The molecule has 2 aliphatic rings. The lowest BCUT2D eigenvalue weighted by atomic mass is 9.95. The van der Waals surface area contributed by atoms with Crippen LogP contribution in [0.2, 0.25) is 0 Å². The number of fused-ring (bicyclic) bond motifs is 2. The number of anilines is 1. The molecule has 0 saturated carbocycles. The zero-order chi connectivity index (χ0) is 22.9. The van der Waals surface area contributed by atoms with Crippen molar-refractivity contribution < 1.29 is 23.5 Å². The minimum atomic E-state index is -0.660. The van der Waals surface area contributed by atoms with Crippen LogP contribution in [0, 0.1) is 0 Å². The summed E-state index contributed by atoms with van der Waals surface area (Å²) in [7, 11) is 1.57. The molecule has 1 fully saturated rings. The van der Waals surface area contributed by atoms with Crippen LogP contribution in [0.25, 0.3) is 11.3 Å². The normalized spacial score (nSPS) is 19.7. The Bertz CT molecular complexity index is 1200. The number of rotatable bonds is 4.